The van der Waals surface area contributed by atoms with Crippen LogP contribution in [0.25, 0.3) is 0 Å². The molecule has 7 nitrogen and oxygen atoms in total. The van der Waals surface area contributed by atoms with E-state index in [-0.39, 0.29) is 36.0 Å². The third kappa shape index (κ3) is 8.66. The molecule has 1 aromatic rings. The summed E-state index contributed by atoms with van der Waals surface area (Å²) in [4.78, 5) is 24.0. The molecule has 2 rings (SSSR count). The number of ether oxygens (including phenoxy) is 1. The second kappa shape index (κ2) is 14.2. The normalized spacial score (nSPS) is 18.4. The summed E-state index contributed by atoms with van der Waals surface area (Å²) in [5, 5.41) is 7.61. The molecule has 2 N–H and O–H groups in total. The standard InChI is InChI=1S/C21H37N5O2S.HI/c1-6-28-20(27)18-16(3)24-19(29-18)17(4)25-21(22-5)23-11-7-8-12-26-13-9-10-15(2)14-26;/h15,17H,6-14H2,1-5H3,(H2,22,23,25);1H. The minimum atomic E-state index is -0.299. The van der Waals surface area contributed by atoms with E-state index in [1.165, 1.54) is 50.2 Å². The van der Waals surface area contributed by atoms with Gasteiger partial charge in [0.15, 0.2) is 5.96 Å². The molecule has 2 atom stereocenters. The Hall–Kier alpha value is -0.940. The van der Waals surface area contributed by atoms with Gasteiger partial charge < -0.3 is 20.3 Å². The monoisotopic (exact) mass is 551 g/mol. The lowest BCUT2D eigenvalue weighted by Crippen LogP contribution is -2.39. The number of halogens is 1. The van der Waals surface area contributed by atoms with Crippen LogP contribution in [0.1, 0.15) is 72.9 Å². The molecule has 0 radical (unpaired) electrons. The summed E-state index contributed by atoms with van der Waals surface area (Å²) in [6.07, 6.45) is 5.02. The quantitative estimate of drug-likeness (QED) is 0.159. The number of aromatic nitrogens is 1. The van der Waals surface area contributed by atoms with Crippen molar-refractivity contribution in [3.05, 3.63) is 15.6 Å². The molecule has 0 aliphatic carbocycles. The Morgan fingerprint density at radius 2 is 2.20 bits per heavy atom. The molecule has 30 heavy (non-hydrogen) atoms. The van der Waals surface area contributed by atoms with E-state index in [0.29, 0.717) is 17.2 Å². The van der Waals surface area contributed by atoms with Crippen LogP contribution in [0.5, 0.6) is 0 Å². The zero-order valence-electron chi connectivity index (χ0n) is 19.0. The zero-order valence-corrected chi connectivity index (χ0v) is 22.1. The number of aryl methyl sites for hydroxylation is 1. The fraction of sp³-hybridized carbons (Fsp3) is 0.762. The van der Waals surface area contributed by atoms with Gasteiger partial charge in [-0.2, -0.15) is 0 Å². The van der Waals surface area contributed by atoms with Crippen LogP contribution < -0.4 is 10.6 Å². The maximum Gasteiger partial charge on any atom is 0.350 e. The summed E-state index contributed by atoms with van der Waals surface area (Å²) in [5.41, 5.74) is 0.715. The summed E-state index contributed by atoms with van der Waals surface area (Å²) < 4.78 is 5.10. The summed E-state index contributed by atoms with van der Waals surface area (Å²) >= 11 is 1.38. The Morgan fingerprint density at radius 1 is 1.43 bits per heavy atom. The average Bonchev–Trinajstić information content (AvgIpc) is 3.09. The van der Waals surface area contributed by atoms with Crippen LogP contribution in [0.15, 0.2) is 4.99 Å². The van der Waals surface area contributed by atoms with Gasteiger partial charge in [0.1, 0.15) is 9.88 Å². The van der Waals surface area contributed by atoms with Crippen molar-refractivity contribution in [1.29, 1.82) is 0 Å². The number of likely N-dealkylation sites (tertiary alicyclic amines) is 1. The molecule has 0 saturated carbocycles. The first kappa shape index (κ1) is 27.1. The van der Waals surface area contributed by atoms with Crippen molar-refractivity contribution < 1.29 is 9.53 Å². The Kier molecular flexibility index (Phi) is 12.8. The van der Waals surface area contributed by atoms with E-state index in [1.54, 1.807) is 7.05 Å². The molecular formula is C21H38IN5O2S. The Bertz CT molecular complexity index is 682. The molecular weight excluding hydrogens is 513 g/mol. The van der Waals surface area contributed by atoms with E-state index in [9.17, 15) is 4.79 Å². The molecule has 0 bridgehead atoms. The number of carbonyl (C=O) groups excluding carboxylic acids is 1. The Balaban J connectivity index is 0.00000450. The maximum atomic E-state index is 12.0. The molecule has 0 amide bonds. The topological polar surface area (TPSA) is 78.8 Å². The van der Waals surface area contributed by atoms with Crippen LogP contribution in [0.3, 0.4) is 0 Å². The molecule has 1 saturated heterocycles. The lowest BCUT2D eigenvalue weighted by atomic mass is 10.0. The summed E-state index contributed by atoms with van der Waals surface area (Å²) in [7, 11) is 1.77. The molecule has 1 aliphatic heterocycles. The highest BCUT2D eigenvalue weighted by atomic mass is 127. The first-order valence-electron chi connectivity index (χ1n) is 10.8. The SMILES string of the molecule is CCOC(=O)c1sc(C(C)NC(=NC)NCCCCN2CCCC(C)C2)nc1C.I. The van der Waals surface area contributed by atoms with E-state index >= 15 is 0 Å². The zero-order chi connectivity index (χ0) is 21.2. The number of nitrogens with one attached hydrogen (secondary N) is 2. The number of piperidine rings is 1. The number of hydrogen-bond donors (Lipinski definition) is 2. The molecule has 1 fully saturated rings. The van der Waals surface area contributed by atoms with E-state index < -0.39 is 0 Å². The molecule has 172 valence electrons. The number of carbonyl (C=O) groups is 1. The number of hydrogen-bond acceptors (Lipinski definition) is 6. The third-order valence-corrected chi connectivity index (χ3v) is 6.48. The van der Waals surface area contributed by atoms with Gasteiger partial charge in [0, 0.05) is 20.1 Å². The molecule has 2 heterocycles. The number of aliphatic imine (C=N–C) groups is 1. The van der Waals surface area contributed by atoms with E-state index in [2.05, 4.69) is 32.4 Å². The van der Waals surface area contributed by atoms with Crippen LogP contribution in [-0.4, -0.2) is 61.6 Å². The fourth-order valence-electron chi connectivity index (χ4n) is 3.61. The third-order valence-electron chi connectivity index (χ3n) is 5.16. The number of esters is 1. The number of rotatable bonds is 9. The van der Waals surface area contributed by atoms with Crippen LogP contribution in [0, 0.1) is 12.8 Å². The molecule has 0 aromatic carbocycles. The van der Waals surface area contributed by atoms with Gasteiger partial charge in [-0.25, -0.2) is 9.78 Å². The number of nitrogens with zero attached hydrogens (tertiary/aromatic N) is 3. The van der Waals surface area contributed by atoms with Gasteiger partial charge in [0.2, 0.25) is 0 Å². The predicted octanol–water partition coefficient (Wildman–Crippen LogP) is 3.98. The first-order chi connectivity index (χ1) is 13.9. The minimum Gasteiger partial charge on any atom is -0.462 e. The minimum absolute atomic E-state index is 0. The first-order valence-corrected chi connectivity index (χ1v) is 11.6. The summed E-state index contributed by atoms with van der Waals surface area (Å²) in [5.74, 6) is 1.30. The number of unbranched alkanes of at least 4 members (excludes halogenated alkanes) is 1. The Morgan fingerprint density at radius 3 is 2.87 bits per heavy atom. The van der Waals surface area contributed by atoms with Crippen molar-refractivity contribution in [2.75, 3.05) is 39.8 Å². The average molecular weight is 552 g/mol. The van der Waals surface area contributed by atoms with Crippen LogP contribution >= 0.6 is 35.3 Å². The number of thiazole rings is 1. The summed E-state index contributed by atoms with van der Waals surface area (Å²) in [6.45, 7) is 13.0. The van der Waals surface area contributed by atoms with Crippen molar-refractivity contribution in [1.82, 2.24) is 20.5 Å². The van der Waals surface area contributed by atoms with Crippen molar-refractivity contribution in [2.24, 2.45) is 10.9 Å². The van der Waals surface area contributed by atoms with E-state index in [0.717, 1.165) is 29.9 Å². The highest BCUT2D eigenvalue weighted by Gasteiger charge is 2.20. The van der Waals surface area contributed by atoms with Gasteiger partial charge in [0.05, 0.1) is 18.3 Å². The largest absolute Gasteiger partial charge is 0.462 e. The molecule has 0 spiro atoms. The van der Waals surface area contributed by atoms with Crippen LogP contribution in [-0.2, 0) is 4.74 Å². The van der Waals surface area contributed by atoms with Crippen molar-refractivity contribution >= 4 is 47.2 Å². The van der Waals surface area contributed by atoms with Crippen molar-refractivity contribution in [3.8, 4) is 0 Å². The van der Waals surface area contributed by atoms with Gasteiger partial charge in [-0.15, -0.1) is 35.3 Å². The maximum absolute atomic E-state index is 12.0. The van der Waals surface area contributed by atoms with Gasteiger partial charge in [-0.05, 0) is 65.5 Å². The highest BCUT2D eigenvalue weighted by Crippen LogP contribution is 2.24. The predicted molar refractivity (Wildman–Crippen MR) is 135 cm³/mol. The second-order valence-corrected chi connectivity index (χ2v) is 8.84. The van der Waals surface area contributed by atoms with Gasteiger partial charge >= 0.3 is 5.97 Å². The Labute approximate surface area is 202 Å². The van der Waals surface area contributed by atoms with E-state index in [4.69, 9.17) is 4.74 Å². The molecule has 2 unspecified atom stereocenters. The smallest absolute Gasteiger partial charge is 0.350 e. The molecule has 1 aliphatic rings. The lowest BCUT2D eigenvalue weighted by Gasteiger charge is -2.30. The van der Waals surface area contributed by atoms with E-state index in [1.807, 2.05) is 20.8 Å². The molecule has 1 aromatic heterocycles. The second-order valence-electron chi connectivity index (χ2n) is 7.81. The van der Waals surface area contributed by atoms with Gasteiger partial charge in [0.25, 0.3) is 0 Å². The van der Waals surface area contributed by atoms with Gasteiger partial charge in [-0.3, -0.25) is 4.99 Å². The summed E-state index contributed by atoms with van der Waals surface area (Å²) in [6, 6.07) is -0.0390. The molecule has 9 heteroatoms. The van der Waals surface area contributed by atoms with Crippen LogP contribution in [0.4, 0.5) is 0 Å². The lowest BCUT2D eigenvalue weighted by molar-refractivity contribution is 0.0531. The van der Waals surface area contributed by atoms with Crippen molar-refractivity contribution in [3.63, 3.8) is 0 Å². The van der Waals surface area contributed by atoms with Crippen molar-refractivity contribution in [2.45, 2.75) is 59.4 Å². The highest BCUT2D eigenvalue weighted by molar-refractivity contribution is 14.0. The fourth-order valence-corrected chi connectivity index (χ4v) is 4.57. The van der Waals surface area contributed by atoms with Gasteiger partial charge in [-0.1, -0.05) is 6.92 Å². The van der Waals surface area contributed by atoms with Crippen LogP contribution in [0.2, 0.25) is 0 Å². The number of guanidine groups is 1.